The molecule has 0 fully saturated rings. The van der Waals surface area contributed by atoms with E-state index >= 15 is 0 Å². The molecule has 1 amide bonds. The Morgan fingerprint density at radius 1 is 1.27 bits per heavy atom. The van der Waals surface area contributed by atoms with Crippen molar-refractivity contribution in [1.82, 2.24) is 0 Å². The van der Waals surface area contributed by atoms with Gasteiger partial charge in [-0.05, 0) is 43.2 Å². The molecule has 0 aromatic heterocycles. The molecule has 4 heteroatoms. The third-order valence-corrected chi connectivity index (χ3v) is 4.03. The Kier molecular flexibility index (Phi) is 3.80. The minimum absolute atomic E-state index is 0.0632. The van der Waals surface area contributed by atoms with Gasteiger partial charge in [0.25, 0.3) is 0 Å². The fourth-order valence-corrected chi connectivity index (χ4v) is 2.82. The molecule has 1 aliphatic rings. The maximum atomic E-state index is 12.5. The van der Waals surface area contributed by atoms with Gasteiger partial charge in [-0.25, -0.2) is 0 Å². The predicted octanol–water partition coefficient (Wildman–Crippen LogP) is 2.95. The van der Waals surface area contributed by atoms with Gasteiger partial charge in [0, 0.05) is 17.9 Å². The number of hydrogen-bond donors (Lipinski definition) is 1. The van der Waals surface area contributed by atoms with Crippen molar-refractivity contribution in [3.05, 3.63) is 59.7 Å². The van der Waals surface area contributed by atoms with Gasteiger partial charge in [-0.3, -0.25) is 4.79 Å². The number of para-hydroxylation sites is 1. The van der Waals surface area contributed by atoms with Crippen molar-refractivity contribution in [2.24, 2.45) is 0 Å². The first-order valence-electron chi connectivity index (χ1n) is 7.34. The molecule has 110 valence electrons. The van der Waals surface area contributed by atoms with Gasteiger partial charge in [-0.15, -0.1) is 0 Å². The van der Waals surface area contributed by atoms with E-state index in [1.165, 1.54) is 5.56 Å². The quantitative estimate of drug-likeness (QED) is 0.946. The molecule has 1 aliphatic heterocycles. The average Bonchev–Trinajstić information content (AvgIpc) is 2.98. The largest absolute Gasteiger partial charge is 0.359 e. The van der Waals surface area contributed by atoms with Gasteiger partial charge in [0.05, 0.1) is 11.6 Å². The number of rotatable bonds is 3. The zero-order valence-electron chi connectivity index (χ0n) is 12.4. The number of nitrogens with one attached hydrogen (secondary N) is 1. The van der Waals surface area contributed by atoms with Gasteiger partial charge < -0.3 is 10.2 Å². The summed E-state index contributed by atoms with van der Waals surface area (Å²) in [5.41, 5.74) is 3.62. The summed E-state index contributed by atoms with van der Waals surface area (Å²) in [6.45, 7) is 2.76. The molecular formula is C18H17N3O. The highest BCUT2D eigenvalue weighted by atomic mass is 16.2. The average molecular weight is 291 g/mol. The van der Waals surface area contributed by atoms with Crippen LogP contribution in [0.2, 0.25) is 0 Å². The summed E-state index contributed by atoms with van der Waals surface area (Å²) in [6, 6.07) is 17.0. The first-order valence-corrected chi connectivity index (χ1v) is 7.34. The minimum Gasteiger partial charge on any atom is -0.359 e. The third kappa shape index (κ3) is 2.66. The summed E-state index contributed by atoms with van der Waals surface area (Å²) >= 11 is 0. The summed E-state index contributed by atoms with van der Waals surface area (Å²) in [4.78, 5) is 14.6. The van der Waals surface area contributed by atoms with E-state index in [2.05, 4.69) is 28.4 Å². The third-order valence-electron chi connectivity index (χ3n) is 4.03. The van der Waals surface area contributed by atoms with Crippen molar-refractivity contribution >= 4 is 17.3 Å². The molecule has 2 aromatic rings. The topological polar surface area (TPSA) is 56.1 Å². The maximum Gasteiger partial charge on any atom is 0.246 e. The molecule has 4 nitrogen and oxygen atoms in total. The molecule has 1 atom stereocenters. The molecule has 2 aromatic carbocycles. The second-order valence-electron chi connectivity index (χ2n) is 5.43. The minimum atomic E-state index is -0.255. The first kappa shape index (κ1) is 14.2. The molecule has 1 heterocycles. The number of nitriles is 1. The van der Waals surface area contributed by atoms with Crippen molar-refractivity contribution in [2.45, 2.75) is 19.4 Å². The molecule has 0 saturated carbocycles. The zero-order valence-corrected chi connectivity index (χ0v) is 12.4. The lowest BCUT2D eigenvalue weighted by atomic mass is 10.1. The van der Waals surface area contributed by atoms with Crippen LogP contribution in [-0.4, -0.2) is 18.5 Å². The van der Waals surface area contributed by atoms with Crippen LogP contribution in [-0.2, 0) is 11.2 Å². The van der Waals surface area contributed by atoms with E-state index in [1.807, 2.05) is 19.1 Å². The summed E-state index contributed by atoms with van der Waals surface area (Å²) in [7, 11) is 0. The molecule has 1 N–H and O–H groups in total. The van der Waals surface area contributed by atoms with Gasteiger partial charge in [0.1, 0.15) is 6.04 Å². The SMILES string of the molecule is CC(C(=O)Nc1cccc(C#N)c1)N1CCc2ccccc21. The lowest BCUT2D eigenvalue weighted by Gasteiger charge is -2.26. The summed E-state index contributed by atoms with van der Waals surface area (Å²) in [5, 5.41) is 11.8. The number of carbonyl (C=O) groups is 1. The number of fused-ring (bicyclic) bond motifs is 1. The molecule has 1 unspecified atom stereocenters. The lowest BCUT2D eigenvalue weighted by Crippen LogP contribution is -2.41. The molecule has 0 spiro atoms. The van der Waals surface area contributed by atoms with Crippen LogP contribution in [0.15, 0.2) is 48.5 Å². The van der Waals surface area contributed by atoms with Crippen LogP contribution in [0.3, 0.4) is 0 Å². The number of hydrogen-bond acceptors (Lipinski definition) is 3. The Hall–Kier alpha value is -2.80. The number of carbonyl (C=O) groups excluding carboxylic acids is 1. The Morgan fingerprint density at radius 2 is 2.09 bits per heavy atom. The Bertz CT molecular complexity index is 748. The van der Waals surface area contributed by atoms with E-state index in [0.29, 0.717) is 11.3 Å². The molecule has 0 aliphatic carbocycles. The van der Waals surface area contributed by atoms with Crippen molar-refractivity contribution in [2.75, 3.05) is 16.8 Å². The van der Waals surface area contributed by atoms with Crippen molar-refractivity contribution in [3.63, 3.8) is 0 Å². The Morgan fingerprint density at radius 3 is 2.91 bits per heavy atom. The second-order valence-corrected chi connectivity index (χ2v) is 5.43. The van der Waals surface area contributed by atoms with Crippen LogP contribution in [0.25, 0.3) is 0 Å². The van der Waals surface area contributed by atoms with Gasteiger partial charge in [0.2, 0.25) is 5.91 Å². The Balaban J connectivity index is 1.74. The van der Waals surface area contributed by atoms with E-state index in [-0.39, 0.29) is 11.9 Å². The number of benzene rings is 2. The van der Waals surface area contributed by atoms with Crippen LogP contribution in [0.1, 0.15) is 18.1 Å². The molecule has 0 radical (unpaired) electrons. The van der Waals surface area contributed by atoms with Crippen LogP contribution < -0.4 is 10.2 Å². The highest BCUT2D eigenvalue weighted by molar-refractivity contribution is 5.97. The van der Waals surface area contributed by atoms with Crippen molar-refractivity contribution in [3.8, 4) is 6.07 Å². The molecule has 0 saturated heterocycles. The lowest BCUT2D eigenvalue weighted by molar-refractivity contribution is -0.117. The van der Waals surface area contributed by atoms with Crippen molar-refractivity contribution < 1.29 is 4.79 Å². The summed E-state index contributed by atoms with van der Waals surface area (Å²) in [6.07, 6.45) is 0.970. The highest BCUT2D eigenvalue weighted by Crippen LogP contribution is 2.29. The Labute approximate surface area is 130 Å². The molecule has 3 rings (SSSR count). The normalized spacial score (nSPS) is 14.1. The summed E-state index contributed by atoms with van der Waals surface area (Å²) < 4.78 is 0. The number of nitrogens with zero attached hydrogens (tertiary/aromatic N) is 2. The molecule has 22 heavy (non-hydrogen) atoms. The fourth-order valence-electron chi connectivity index (χ4n) is 2.82. The standard InChI is InChI=1S/C18H17N3O/c1-13(21-10-9-15-6-2-3-8-17(15)21)18(22)20-16-7-4-5-14(11-16)12-19/h2-8,11,13H,9-10H2,1H3,(H,20,22). The maximum absolute atomic E-state index is 12.5. The molecular weight excluding hydrogens is 274 g/mol. The first-order chi connectivity index (χ1) is 10.7. The van der Waals surface area contributed by atoms with E-state index in [0.717, 1.165) is 18.7 Å². The van der Waals surface area contributed by atoms with Crippen LogP contribution in [0, 0.1) is 11.3 Å². The number of amides is 1. The van der Waals surface area contributed by atoms with Gasteiger partial charge in [0.15, 0.2) is 0 Å². The van der Waals surface area contributed by atoms with Crippen LogP contribution in [0.5, 0.6) is 0 Å². The zero-order chi connectivity index (χ0) is 15.5. The highest BCUT2D eigenvalue weighted by Gasteiger charge is 2.27. The molecule has 0 bridgehead atoms. The van der Waals surface area contributed by atoms with Gasteiger partial charge in [-0.1, -0.05) is 24.3 Å². The van der Waals surface area contributed by atoms with E-state index in [9.17, 15) is 4.79 Å². The van der Waals surface area contributed by atoms with Crippen molar-refractivity contribution in [1.29, 1.82) is 5.26 Å². The fraction of sp³-hybridized carbons (Fsp3) is 0.222. The second kappa shape index (κ2) is 5.90. The van der Waals surface area contributed by atoms with Crippen LogP contribution >= 0.6 is 0 Å². The van der Waals surface area contributed by atoms with E-state index in [4.69, 9.17) is 5.26 Å². The number of anilines is 2. The smallest absolute Gasteiger partial charge is 0.246 e. The van der Waals surface area contributed by atoms with Crippen LogP contribution in [0.4, 0.5) is 11.4 Å². The van der Waals surface area contributed by atoms with E-state index < -0.39 is 0 Å². The van der Waals surface area contributed by atoms with E-state index in [1.54, 1.807) is 24.3 Å². The summed E-state index contributed by atoms with van der Waals surface area (Å²) in [5.74, 6) is -0.0632. The monoisotopic (exact) mass is 291 g/mol. The predicted molar refractivity (Wildman–Crippen MR) is 86.7 cm³/mol. The van der Waals surface area contributed by atoms with Gasteiger partial charge >= 0.3 is 0 Å². The van der Waals surface area contributed by atoms with Gasteiger partial charge in [-0.2, -0.15) is 5.26 Å².